The number of benzene rings is 1. The van der Waals surface area contributed by atoms with Crippen LogP contribution in [-0.4, -0.2) is 24.9 Å². The van der Waals surface area contributed by atoms with Gasteiger partial charge < -0.3 is 18.8 Å². The number of aromatic nitrogens is 1. The number of fused-ring (bicyclic) bond motifs is 1. The average Bonchev–Trinajstić information content (AvgIpc) is 2.83. The van der Waals surface area contributed by atoms with E-state index in [0.29, 0.717) is 25.5 Å². The fourth-order valence-electron chi connectivity index (χ4n) is 4.01. The van der Waals surface area contributed by atoms with Crippen molar-refractivity contribution >= 4 is 10.9 Å². The number of allylic oxidation sites excluding steroid dienone is 3. The molecule has 0 unspecified atom stereocenters. The second kappa shape index (κ2) is 15.3. The molecule has 1 aromatic heterocycles. The van der Waals surface area contributed by atoms with Gasteiger partial charge in [0.15, 0.2) is 5.75 Å². The first-order valence-corrected chi connectivity index (χ1v) is 13.2. The van der Waals surface area contributed by atoms with Crippen LogP contribution >= 0.6 is 0 Å². The molecule has 1 aromatic carbocycles. The number of methoxy groups -OCH3 is 1. The number of ether oxygens (including phenoxy) is 3. The molecule has 5 heteroatoms. The molecule has 194 valence electrons. The maximum atomic E-state index is 13.6. The van der Waals surface area contributed by atoms with E-state index < -0.39 is 0 Å². The second-order valence-corrected chi connectivity index (χ2v) is 9.44. The molecule has 2 rings (SSSR count). The number of hydrogen-bond donors (Lipinski definition) is 0. The standard InChI is InChI=1S/C30H45NO4/c1-7-9-11-12-19-31-27-22-25(34-20-10-8-2)16-17-26(27)28(33-6)29(30(31)32)35-21-18-24(5)15-13-14-23(3)4/h14,16-18,22H,7-13,15,19-21H2,1-6H3/b24-18+. The summed E-state index contributed by atoms with van der Waals surface area (Å²) in [5, 5.41) is 0.865. The van der Waals surface area contributed by atoms with Crippen LogP contribution in [0.15, 0.2) is 46.3 Å². The summed E-state index contributed by atoms with van der Waals surface area (Å²) in [6.45, 7) is 12.3. The van der Waals surface area contributed by atoms with E-state index in [4.69, 9.17) is 14.2 Å². The third-order valence-corrected chi connectivity index (χ3v) is 6.11. The van der Waals surface area contributed by atoms with Crippen molar-refractivity contribution in [3.8, 4) is 17.2 Å². The summed E-state index contributed by atoms with van der Waals surface area (Å²) in [6.07, 6.45) is 12.7. The van der Waals surface area contributed by atoms with E-state index in [0.717, 1.165) is 68.0 Å². The van der Waals surface area contributed by atoms with Gasteiger partial charge in [0.1, 0.15) is 12.4 Å². The molecule has 1 heterocycles. The third kappa shape index (κ3) is 8.79. The lowest BCUT2D eigenvalue weighted by Crippen LogP contribution is -2.24. The Hall–Kier alpha value is -2.69. The van der Waals surface area contributed by atoms with Crippen LogP contribution in [0.25, 0.3) is 10.9 Å². The molecule has 0 spiro atoms. The number of aryl methyl sites for hydroxylation is 1. The maximum absolute atomic E-state index is 13.6. The van der Waals surface area contributed by atoms with E-state index in [9.17, 15) is 4.79 Å². The monoisotopic (exact) mass is 483 g/mol. The van der Waals surface area contributed by atoms with Crippen LogP contribution in [0.2, 0.25) is 0 Å². The molecule has 0 aliphatic carbocycles. The largest absolute Gasteiger partial charge is 0.494 e. The van der Waals surface area contributed by atoms with E-state index in [-0.39, 0.29) is 11.3 Å². The minimum absolute atomic E-state index is 0.146. The molecule has 0 amide bonds. The minimum atomic E-state index is -0.146. The lowest BCUT2D eigenvalue weighted by atomic mass is 10.1. The van der Waals surface area contributed by atoms with E-state index in [1.807, 2.05) is 22.8 Å². The van der Waals surface area contributed by atoms with Crippen molar-refractivity contribution in [1.82, 2.24) is 4.57 Å². The lowest BCUT2D eigenvalue weighted by molar-refractivity contribution is 0.309. The Morgan fingerprint density at radius 2 is 1.71 bits per heavy atom. The molecule has 2 aromatic rings. The zero-order valence-corrected chi connectivity index (χ0v) is 22.7. The highest BCUT2D eigenvalue weighted by atomic mass is 16.5. The van der Waals surface area contributed by atoms with Gasteiger partial charge in [-0.15, -0.1) is 0 Å². The molecule has 0 saturated heterocycles. The zero-order chi connectivity index (χ0) is 25.6. The van der Waals surface area contributed by atoms with Crippen LogP contribution in [-0.2, 0) is 6.54 Å². The molecule has 0 aliphatic rings. The van der Waals surface area contributed by atoms with Crippen LogP contribution < -0.4 is 19.8 Å². The quantitative estimate of drug-likeness (QED) is 0.180. The SMILES string of the molecule is CCCCCCn1c(=O)c(OC/C=C(\C)CCC=C(C)C)c(OC)c2ccc(OCCCC)cc21. The molecule has 35 heavy (non-hydrogen) atoms. The Morgan fingerprint density at radius 1 is 0.943 bits per heavy atom. The summed E-state index contributed by atoms with van der Waals surface area (Å²) in [4.78, 5) is 13.6. The number of nitrogens with zero attached hydrogens (tertiary/aromatic N) is 1. The van der Waals surface area contributed by atoms with Gasteiger partial charge in [-0.25, -0.2) is 0 Å². The van der Waals surface area contributed by atoms with Crippen molar-refractivity contribution < 1.29 is 14.2 Å². The summed E-state index contributed by atoms with van der Waals surface area (Å²) in [7, 11) is 1.60. The van der Waals surface area contributed by atoms with Crippen molar-refractivity contribution in [3.05, 3.63) is 51.9 Å². The molecule has 0 saturated carbocycles. The van der Waals surface area contributed by atoms with Crippen LogP contribution in [0.1, 0.15) is 86.0 Å². The van der Waals surface area contributed by atoms with Gasteiger partial charge in [0.05, 0.1) is 19.2 Å². The fraction of sp³-hybridized carbons (Fsp3) is 0.567. The maximum Gasteiger partial charge on any atom is 0.297 e. The van der Waals surface area contributed by atoms with Crippen LogP contribution in [0, 0.1) is 0 Å². The highest BCUT2D eigenvalue weighted by molar-refractivity contribution is 5.89. The van der Waals surface area contributed by atoms with Crippen LogP contribution in [0.5, 0.6) is 17.2 Å². The summed E-state index contributed by atoms with van der Waals surface area (Å²) >= 11 is 0. The summed E-state index contributed by atoms with van der Waals surface area (Å²) < 4.78 is 19.5. The van der Waals surface area contributed by atoms with Crippen molar-refractivity contribution in [2.45, 2.75) is 92.5 Å². The Labute approximate surface area is 211 Å². The summed E-state index contributed by atoms with van der Waals surface area (Å²) in [5.74, 6) is 1.55. The molecule has 0 atom stereocenters. The first-order chi connectivity index (χ1) is 16.9. The van der Waals surface area contributed by atoms with Gasteiger partial charge in [-0.3, -0.25) is 4.79 Å². The van der Waals surface area contributed by atoms with Crippen LogP contribution in [0.4, 0.5) is 0 Å². The molecule has 0 radical (unpaired) electrons. The van der Waals surface area contributed by atoms with E-state index in [2.05, 4.69) is 46.8 Å². The first-order valence-electron chi connectivity index (χ1n) is 13.2. The molecular formula is C30H45NO4. The minimum Gasteiger partial charge on any atom is -0.494 e. The van der Waals surface area contributed by atoms with E-state index >= 15 is 0 Å². The molecule has 0 N–H and O–H groups in total. The van der Waals surface area contributed by atoms with Crippen molar-refractivity contribution in [2.24, 2.45) is 0 Å². The lowest BCUT2D eigenvalue weighted by Gasteiger charge is -2.18. The molecule has 0 fully saturated rings. The summed E-state index contributed by atoms with van der Waals surface area (Å²) in [6, 6.07) is 5.89. The van der Waals surface area contributed by atoms with Gasteiger partial charge in [0, 0.05) is 18.0 Å². The van der Waals surface area contributed by atoms with Gasteiger partial charge in [-0.05, 0) is 64.7 Å². The summed E-state index contributed by atoms with van der Waals surface area (Å²) in [5.41, 5.74) is 3.26. The van der Waals surface area contributed by atoms with Gasteiger partial charge in [-0.1, -0.05) is 56.8 Å². The topological polar surface area (TPSA) is 49.7 Å². The number of pyridine rings is 1. The average molecular weight is 484 g/mol. The number of rotatable bonds is 16. The van der Waals surface area contributed by atoms with Gasteiger partial charge in [0.25, 0.3) is 5.56 Å². The van der Waals surface area contributed by atoms with Crippen molar-refractivity contribution in [1.29, 1.82) is 0 Å². The molecule has 0 aliphatic heterocycles. The predicted octanol–water partition coefficient (Wildman–Crippen LogP) is 7.84. The second-order valence-electron chi connectivity index (χ2n) is 9.44. The Bertz CT molecular complexity index is 1040. The van der Waals surface area contributed by atoms with Crippen molar-refractivity contribution in [3.63, 3.8) is 0 Å². The number of unbranched alkanes of at least 4 members (excludes halogenated alkanes) is 4. The van der Waals surface area contributed by atoms with Gasteiger partial charge >= 0.3 is 0 Å². The Morgan fingerprint density at radius 3 is 2.40 bits per heavy atom. The fourth-order valence-corrected chi connectivity index (χ4v) is 4.01. The Kier molecular flexibility index (Phi) is 12.5. The van der Waals surface area contributed by atoms with Gasteiger partial charge in [0.2, 0.25) is 5.75 Å². The first kappa shape index (κ1) is 28.5. The molecule has 0 bridgehead atoms. The Balaban J connectivity index is 2.39. The third-order valence-electron chi connectivity index (χ3n) is 6.11. The zero-order valence-electron chi connectivity index (χ0n) is 22.7. The number of hydrogen-bond acceptors (Lipinski definition) is 4. The highest BCUT2D eigenvalue weighted by Crippen LogP contribution is 2.34. The van der Waals surface area contributed by atoms with E-state index in [1.165, 1.54) is 11.1 Å². The van der Waals surface area contributed by atoms with Crippen LogP contribution in [0.3, 0.4) is 0 Å². The normalized spacial score (nSPS) is 11.5. The highest BCUT2D eigenvalue weighted by Gasteiger charge is 2.19. The molecule has 5 nitrogen and oxygen atoms in total. The van der Waals surface area contributed by atoms with Crippen molar-refractivity contribution in [2.75, 3.05) is 20.3 Å². The van der Waals surface area contributed by atoms with E-state index in [1.54, 1.807) is 7.11 Å². The smallest absolute Gasteiger partial charge is 0.297 e. The van der Waals surface area contributed by atoms with Gasteiger partial charge in [-0.2, -0.15) is 0 Å². The molecular weight excluding hydrogens is 438 g/mol. The predicted molar refractivity (Wildman–Crippen MR) is 147 cm³/mol.